The maximum Gasteiger partial charge on any atom is 0.211 e. The Morgan fingerprint density at radius 1 is 1.35 bits per heavy atom. The normalized spacial score (nSPS) is 12.9. The van der Waals surface area contributed by atoms with Gasteiger partial charge in [-0.15, -0.1) is 0 Å². The van der Waals surface area contributed by atoms with E-state index in [1.165, 1.54) is 22.1 Å². The fourth-order valence-electron chi connectivity index (χ4n) is 1.61. The first-order chi connectivity index (χ1) is 9.14. The molecule has 0 aliphatic heterocycles. The summed E-state index contributed by atoms with van der Waals surface area (Å²) in [6, 6.07) is 0. The molecule has 0 fully saturated rings. The Balaban J connectivity index is 2.40. The van der Waals surface area contributed by atoms with Gasteiger partial charge < -0.3 is 5.32 Å². The fourth-order valence-corrected chi connectivity index (χ4v) is 3.32. The van der Waals surface area contributed by atoms with Crippen molar-refractivity contribution in [3.8, 4) is 0 Å². The van der Waals surface area contributed by atoms with Gasteiger partial charge in [-0.05, 0) is 6.42 Å². The summed E-state index contributed by atoms with van der Waals surface area (Å²) >= 11 is 1.34. The van der Waals surface area contributed by atoms with E-state index in [0.29, 0.717) is 19.6 Å². The Labute approximate surface area is 125 Å². The van der Waals surface area contributed by atoms with Gasteiger partial charge in [0.25, 0.3) is 0 Å². The summed E-state index contributed by atoms with van der Waals surface area (Å²) in [6.45, 7) is 9.77. The standard InChI is InChI=1S/C12H24N4O2S2/c1-6-16(20(5,17)18)9-7-8-13-11-14-10(15-19-11)12(2,3)4/h6-9H2,1-5H3,(H,13,14,15). The Morgan fingerprint density at radius 3 is 2.45 bits per heavy atom. The Kier molecular flexibility index (Phi) is 5.91. The van der Waals surface area contributed by atoms with Crippen LogP contribution in [0.25, 0.3) is 0 Å². The molecule has 0 amide bonds. The van der Waals surface area contributed by atoms with Crippen LogP contribution in [-0.2, 0) is 15.4 Å². The Bertz CT molecular complexity index is 520. The average molecular weight is 320 g/mol. The highest BCUT2D eigenvalue weighted by molar-refractivity contribution is 7.88. The van der Waals surface area contributed by atoms with Crippen molar-refractivity contribution in [2.24, 2.45) is 0 Å². The van der Waals surface area contributed by atoms with Crippen LogP contribution in [0.4, 0.5) is 5.13 Å². The summed E-state index contributed by atoms with van der Waals surface area (Å²) in [7, 11) is -3.10. The van der Waals surface area contributed by atoms with Crippen molar-refractivity contribution in [1.82, 2.24) is 13.7 Å². The van der Waals surface area contributed by atoms with Crippen molar-refractivity contribution >= 4 is 26.7 Å². The average Bonchev–Trinajstić information content (AvgIpc) is 2.75. The number of aromatic nitrogens is 2. The summed E-state index contributed by atoms with van der Waals surface area (Å²) < 4.78 is 28.6. The molecule has 1 heterocycles. The third-order valence-electron chi connectivity index (χ3n) is 2.78. The third-order valence-corrected chi connectivity index (χ3v) is 4.83. The van der Waals surface area contributed by atoms with Crippen molar-refractivity contribution in [1.29, 1.82) is 0 Å². The predicted molar refractivity (Wildman–Crippen MR) is 83.8 cm³/mol. The van der Waals surface area contributed by atoms with Gasteiger partial charge in [0.15, 0.2) is 0 Å². The minimum atomic E-state index is -3.10. The van der Waals surface area contributed by atoms with Crippen molar-refractivity contribution in [2.45, 2.75) is 39.5 Å². The van der Waals surface area contributed by atoms with Crippen LogP contribution in [0.1, 0.15) is 39.9 Å². The van der Waals surface area contributed by atoms with E-state index in [-0.39, 0.29) is 5.41 Å². The van der Waals surface area contributed by atoms with Crippen molar-refractivity contribution in [3.05, 3.63) is 5.82 Å². The second kappa shape index (κ2) is 6.82. The Morgan fingerprint density at radius 2 is 2.00 bits per heavy atom. The van der Waals surface area contributed by atoms with Gasteiger partial charge in [0.2, 0.25) is 15.2 Å². The molecule has 0 radical (unpaired) electrons. The first-order valence-corrected chi connectivity index (χ1v) is 9.30. The highest BCUT2D eigenvalue weighted by Gasteiger charge is 2.19. The minimum Gasteiger partial charge on any atom is -0.360 e. The summed E-state index contributed by atoms with van der Waals surface area (Å²) in [5.74, 6) is 0.830. The molecule has 1 aromatic heterocycles. The van der Waals surface area contributed by atoms with Gasteiger partial charge in [0, 0.05) is 36.6 Å². The van der Waals surface area contributed by atoms with Crippen LogP contribution in [0, 0.1) is 0 Å². The second-order valence-corrected chi connectivity index (χ2v) is 8.44. The first-order valence-electron chi connectivity index (χ1n) is 6.67. The largest absolute Gasteiger partial charge is 0.360 e. The topological polar surface area (TPSA) is 75.2 Å². The van der Waals surface area contributed by atoms with Crippen LogP contribution >= 0.6 is 11.5 Å². The van der Waals surface area contributed by atoms with Crippen molar-refractivity contribution < 1.29 is 8.42 Å². The van der Waals surface area contributed by atoms with E-state index >= 15 is 0 Å². The number of hydrogen-bond acceptors (Lipinski definition) is 6. The van der Waals surface area contributed by atoms with E-state index in [9.17, 15) is 8.42 Å². The van der Waals surface area contributed by atoms with E-state index < -0.39 is 10.0 Å². The smallest absolute Gasteiger partial charge is 0.211 e. The molecule has 1 aromatic rings. The van der Waals surface area contributed by atoms with E-state index in [1.54, 1.807) is 0 Å². The summed E-state index contributed by atoms with van der Waals surface area (Å²) in [5, 5.41) is 3.98. The SMILES string of the molecule is CCN(CCCNc1nc(C(C)(C)C)ns1)S(C)(=O)=O. The van der Waals surface area contributed by atoms with Gasteiger partial charge in [-0.1, -0.05) is 27.7 Å². The molecular formula is C12H24N4O2S2. The molecule has 0 aliphatic carbocycles. The molecule has 1 N–H and O–H groups in total. The maximum absolute atomic E-state index is 11.4. The quantitative estimate of drug-likeness (QED) is 0.777. The lowest BCUT2D eigenvalue weighted by molar-refractivity contribution is 0.428. The first kappa shape index (κ1) is 17.3. The van der Waals surface area contributed by atoms with E-state index in [1.807, 2.05) is 6.92 Å². The molecule has 0 atom stereocenters. The molecular weight excluding hydrogens is 296 g/mol. The lowest BCUT2D eigenvalue weighted by Gasteiger charge is -2.17. The van der Waals surface area contributed by atoms with E-state index in [2.05, 4.69) is 35.4 Å². The van der Waals surface area contributed by atoms with Gasteiger partial charge in [-0.2, -0.15) is 4.37 Å². The molecule has 0 aromatic carbocycles. The monoisotopic (exact) mass is 320 g/mol. The van der Waals surface area contributed by atoms with Gasteiger partial charge in [-0.3, -0.25) is 0 Å². The molecule has 20 heavy (non-hydrogen) atoms. The molecule has 0 unspecified atom stereocenters. The van der Waals surface area contributed by atoms with Crippen LogP contribution in [0.15, 0.2) is 0 Å². The van der Waals surface area contributed by atoms with E-state index in [0.717, 1.165) is 17.4 Å². The lowest BCUT2D eigenvalue weighted by Crippen LogP contribution is -2.31. The van der Waals surface area contributed by atoms with E-state index in [4.69, 9.17) is 0 Å². The third kappa shape index (κ3) is 5.34. The molecule has 0 aliphatic rings. The number of anilines is 1. The van der Waals surface area contributed by atoms with Gasteiger partial charge in [0.1, 0.15) is 5.82 Å². The van der Waals surface area contributed by atoms with Crippen LogP contribution in [0.2, 0.25) is 0 Å². The number of nitrogens with one attached hydrogen (secondary N) is 1. The highest BCUT2D eigenvalue weighted by atomic mass is 32.2. The molecule has 116 valence electrons. The van der Waals surface area contributed by atoms with Crippen LogP contribution in [-0.4, -0.2) is 48.0 Å². The molecule has 0 bridgehead atoms. The number of hydrogen-bond donors (Lipinski definition) is 1. The summed E-state index contributed by atoms with van der Waals surface area (Å²) in [6.07, 6.45) is 1.98. The molecule has 0 saturated heterocycles. The number of nitrogens with zero attached hydrogens (tertiary/aromatic N) is 3. The van der Waals surface area contributed by atoms with Gasteiger partial charge in [-0.25, -0.2) is 17.7 Å². The zero-order chi connectivity index (χ0) is 15.4. The van der Waals surface area contributed by atoms with Crippen LogP contribution in [0.5, 0.6) is 0 Å². The van der Waals surface area contributed by atoms with Crippen molar-refractivity contribution in [3.63, 3.8) is 0 Å². The zero-order valence-corrected chi connectivity index (χ0v) is 14.4. The number of sulfonamides is 1. The zero-order valence-electron chi connectivity index (χ0n) is 12.8. The molecule has 0 spiro atoms. The maximum atomic E-state index is 11.4. The van der Waals surface area contributed by atoms with Gasteiger partial charge >= 0.3 is 0 Å². The molecule has 8 heteroatoms. The lowest BCUT2D eigenvalue weighted by atomic mass is 9.96. The van der Waals surface area contributed by atoms with Crippen LogP contribution in [0.3, 0.4) is 0 Å². The Hall–Kier alpha value is -0.730. The minimum absolute atomic E-state index is 0.0499. The van der Waals surface area contributed by atoms with Crippen molar-refractivity contribution in [2.75, 3.05) is 31.2 Å². The molecule has 1 rings (SSSR count). The summed E-state index contributed by atoms with van der Waals surface area (Å²) in [5.41, 5.74) is -0.0499. The summed E-state index contributed by atoms with van der Waals surface area (Å²) in [4.78, 5) is 4.43. The van der Waals surface area contributed by atoms with Crippen LogP contribution < -0.4 is 5.32 Å². The fraction of sp³-hybridized carbons (Fsp3) is 0.833. The second-order valence-electron chi connectivity index (χ2n) is 5.71. The van der Waals surface area contributed by atoms with Gasteiger partial charge in [0.05, 0.1) is 6.26 Å². The highest BCUT2D eigenvalue weighted by Crippen LogP contribution is 2.22. The molecule has 6 nitrogen and oxygen atoms in total. The molecule has 0 saturated carbocycles. The predicted octanol–water partition coefficient (Wildman–Crippen LogP) is 1.92. The number of rotatable bonds is 7.